The van der Waals surface area contributed by atoms with E-state index < -0.39 is 28.4 Å². The van der Waals surface area contributed by atoms with Crippen molar-refractivity contribution in [1.82, 2.24) is 19.7 Å². The van der Waals surface area contributed by atoms with Gasteiger partial charge in [0, 0.05) is 30.7 Å². The molecule has 0 aliphatic heterocycles. The highest BCUT2D eigenvalue weighted by Crippen LogP contribution is 2.23. The van der Waals surface area contributed by atoms with Gasteiger partial charge in [-0.3, -0.25) is 9.40 Å². The predicted molar refractivity (Wildman–Crippen MR) is 102 cm³/mol. The monoisotopic (exact) mass is 426 g/mol. The average Bonchev–Trinajstić information content (AvgIpc) is 3.05. The molecule has 0 amide bonds. The van der Waals surface area contributed by atoms with E-state index in [0.29, 0.717) is 22.9 Å². The van der Waals surface area contributed by atoms with E-state index in [1.54, 1.807) is 48.5 Å². The first-order valence-electron chi connectivity index (χ1n) is 8.36. The van der Waals surface area contributed by atoms with E-state index in [1.807, 2.05) is 0 Å². The molecule has 1 aromatic carbocycles. The molecule has 0 saturated heterocycles. The number of hydrogen-bond acceptors (Lipinski definition) is 6. The van der Waals surface area contributed by atoms with Crippen LogP contribution in [0.4, 0.5) is 30.5 Å². The summed E-state index contributed by atoms with van der Waals surface area (Å²) >= 11 is 0. The fraction of sp³-hybridized carbons (Fsp3) is 0.235. The highest BCUT2D eigenvalue weighted by Gasteiger charge is 2.29. The molecule has 12 heteroatoms. The molecule has 0 aliphatic carbocycles. The lowest BCUT2D eigenvalue weighted by molar-refractivity contribution is -0.129. The average molecular weight is 426 g/mol. The van der Waals surface area contributed by atoms with Crippen molar-refractivity contribution < 1.29 is 21.6 Å². The van der Waals surface area contributed by atoms with Gasteiger partial charge in [0.1, 0.15) is 0 Å². The van der Waals surface area contributed by atoms with Crippen molar-refractivity contribution in [3.05, 3.63) is 48.9 Å². The first kappa shape index (κ1) is 20.6. The highest BCUT2D eigenvalue weighted by molar-refractivity contribution is 7.92. The SMILES string of the molecule is Cn1cc(Nc2nccc(-c3ccc(NS(=O)(=O)CCC(F)(F)F)cc3)n2)cn1. The van der Waals surface area contributed by atoms with Crippen LogP contribution in [0.1, 0.15) is 6.42 Å². The van der Waals surface area contributed by atoms with Crippen molar-refractivity contribution in [3.63, 3.8) is 0 Å². The number of nitrogens with zero attached hydrogens (tertiary/aromatic N) is 4. The van der Waals surface area contributed by atoms with Crippen LogP contribution < -0.4 is 10.0 Å². The zero-order chi connectivity index (χ0) is 21.1. The molecule has 29 heavy (non-hydrogen) atoms. The first-order valence-corrected chi connectivity index (χ1v) is 10.0. The van der Waals surface area contributed by atoms with E-state index in [2.05, 4.69) is 25.1 Å². The second-order valence-corrected chi connectivity index (χ2v) is 8.00. The molecule has 0 radical (unpaired) electrons. The number of sulfonamides is 1. The summed E-state index contributed by atoms with van der Waals surface area (Å²) in [5.74, 6) is -0.680. The Bertz CT molecular complexity index is 1080. The van der Waals surface area contributed by atoms with E-state index in [1.165, 1.54) is 12.1 Å². The quantitative estimate of drug-likeness (QED) is 0.601. The number of nitrogens with one attached hydrogen (secondary N) is 2. The van der Waals surface area contributed by atoms with Crippen LogP contribution in [-0.4, -0.2) is 40.1 Å². The number of aryl methyl sites for hydroxylation is 1. The highest BCUT2D eigenvalue weighted by atomic mass is 32.2. The summed E-state index contributed by atoms with van der Waals surface area (Å²) in [6.07, 6.45) is -0.999. The van der Waals surface area contributed by atoms with Gasteiger partial charge in [0.25, 0.3) is 0 Å². The third-order valence-corrected chi connectivity index (χ3v) is 5.01. The van der Waals surface area contributed by atoms with Gasteiger partial charge in [-0.2, -0.15) is 18.3 Å². The van der Waals surface area contributed by atoms with Gasteiger partial charge in [-0.15, -0.1) is 0 Å². The van der Waals surface area contributed by atoms with E-state index in [9.17, 15) is 21.6 Å². The van der Waals surface area contributed by atoms with Crippen LogP contribution in [-0.2, 0) is 17.1 Å². The van der Waals surface area contributed by atoms with Crippen LogP contribution in [0.25, 0.3) is 11.3 Å². The van der Waals surface area contributed by atoms with Gasteiger partial charge in [0.15, 0.2) is 0 Å². The third kappa shape index (κ3) is 6.17. The smallest absolute Gasteiger partial charge is 0.321 e. The van der Waals surface area contributed by atoms with Gasteiger partial charge in [0.2, 0.25) is 16.0 Å². The number of benzene rings is 1. The Morgan fingerprint density at radius 1 is 1.10 bits per heavy atom. The van der Waals surface area contributed by atoms with Crippen molar-refractivity contribution >= 4 is 27.3 Å². The minimum absolute atomic E-state index is 0.165. The zero-order valence-corrected chi connectivity index (χ0v) is 16.0. The summed E-state index contributed by atoms with van der Waals surface area (Å²) in [6.45, 7) is 0. The number of hydrogen-bond donors (Lipinski definition) is 2. The van der Waals surface area contributed by atoms with Crippen molar-refractivity contribution in [2.45, 2.75) is 12.6 Å². The lowest BCUT2D eigenvalue weighted by Crippen LogP contribution is -2.21. The Morgan fingerprint density at radius 3 is 2.45 bits per heavy atom. The standard InChI is InChI=1S/C17H17F3N6O2S/c1-26-11-14(10-22-26)23-16-21-8-6-15(24-16)12-2-4-13(5-3-12)25-29(27,28)9-7-17(18,19)20/h2-6,8,10-11,25H,7,9H2,1H3,(H,21,23,24). The van der Waals surface area contributed by atoms with Crippen molar-refractivity contribution in [1.29, 1.82) is 0 Å². The van der Waals surface area contributed by atoms with Gasteiger partial charge in [-0.25, -0.2) is 18.4 Å². The third-order valence-electron chi connectivity index (χ3n) is 3.72. The van der Waals surface area contributed by atoms with Crippen molar-refractivity contribution in [3.8, 4) is 11.3 Å². The van der Waals surface area contributed by atoms with Crippen LogP contribution in [0, 0.1) is 0 Å². The van der Waals surface area contributed by atoms with Crippen LogP contribution in [0.3, 0.4) is 0 Å². The maximum atomic E-state index is 12.2. The first-order chi connectivity index (χ1) is 13.6. The Labute approximate surface area is 164 Å². The molecule has 0 aliphatic rings. The molecule has 2 heterocycles. The molecule has 2 aromatic heterocycles. The number of rotatable bonds is 7. The molecule has 0 spiro atoms. The fourth-order valence-electron chi connectivity index (χ4n) is 2.38. The maximum absolute atomic E-state index is 12.2. The molecular weight excluding hydrogens is 409 g/mol. The molecule has 3 rings (SSSR count). The number of aromatic nitrogens is 4. The second kappa shape index (κ2) is 8.07. The molecule has 2 N–H and O–H groups in total. The molecular formula is C17H17F3N6O2S. The lowest BCUT2D eigenvalue weighted by Gasteiger charge is -2.10. The molecule has 0 bridgehead atoms. The van der Waals surface area contributed by atoms with E-state index in [-0.39, 0.29) is 5.69 Å². The summed E-state index contributed by atoms with van der Waals surface area (Å²) < 4.78 is 64.0. The summed E-state index contributed by atoms with van der Waals surface area (Å²) in [5.41, 5.74) is 2.14. The molecule has 0 fully saturated rings. The number of halogens is 3. The van der Waals surface area contributed by atoms with Crippen LogP contribution in [0.2, 0.25) is 0 Å². The predicted octanol–water partition coefficient (Wildman–Crippen LogP) is 3.31. The van der Waals surface area contributed by atoms with Crippen LogP contribution >= 0.6 is 0 Å². The Balaban J connectivity index is 1.69. The largest absolute Gasteiger partial charge is 0.390 e. The Kier molecular flexibility index (Phi) is 5.73. The normalized spacial score (nSPS) is 12.0. The number of anilines is 3. The summed E-state index contributed by atoms with van der Waals surface area (Å²) in [4.78, 5) is 8.52. The number of alkyl halides is 3. The van der Waals surface area contributed by atoms with Gasteiger partial charge in [0.05, 0.1) is 29.8 Å². The Hall–Kier alpha value is -3.15. The second-order valence-electron chi connectivity index (χ2n) is 6.16. The van der Waals surface area contributed by atoms with Gasteiger partial charge in [-0.05, 0) is 18.2 Å². The summed E-state index contributed by atoms with van der Waals surface area (Å²) in [7, 11) is -2.32. The van der Waals surface area contributed by atoms with Crippen molar-refractivity contribution in [2.24, 2.45) is 7.05 Å². The minimum atomic E-state index is -4.53. The lowest BCUT2D eigenvalue weighted by atomic mass is 10.1. The molecule has 8 nitrogen and oxygen atoms in total. The van der Waals surface area contributed by atoms with E-state index in [4.69, 9.17) is 0 Å². The van der Waals surface area contributed by atoms with Gasteiger partial charge < -0.3 is 5.32 Å². The topological polar surface area (TPSA) is 102 Å². The molecule has 154 valence electrons. The summed E-state index contributed by atoms with van der Waals surface area (Å²) in [6, 6.07) is 7.81. The molecule has 0 unspecified atom stereocenters. The Morgan fingerprint density at radius 2 is 1.83 bits per heavy atom. The molecule has 3 aromatic rings. The van der Waals surface area contributed by atoms with E-state index >= 15 is 0 Å². The van der Waals surface area contributed by atoms with Crippen LogP contribution in [0.15, 0.2) is 48.9 Å². The zero-order valence-electron chi connectivity index (χ0n) is 15.2. The molecule has 0 atom stereocenters. The minimum Gasteiger partial charge on any atom is -0.321 e. The summed E-state index contributed by atoms with van der Waals surface area (Å²) in [5, 5.41) is 7.05. The van der Waals surface area contributed by atoms with Gasteiger partial charge in [-0.1, -0.05) is 12.1 Å². The maximum Gasteiger partial charge on any atom is 0.390 e. The molecule has 0 saturated carbocycles. The fourth-order valence-corrected chi connectivity index (χ4v) is 3.48. The van der Waals surface area contributed by atoms with Gasteiger partial charge >= 0.3 is 6.18 Å². The van der Waals surface area contributed by atoms with Crippen LogP contribution in [0.5, 0.6) is 0 Å². The van der Waals surface area contributed by atoms with E-state index in [0.717, 1.165) is 0 Å². The van der Waals surface area contributed by atoms with Crippen molar-refractivity contribution in [2.75, 3.05) is 15.8 Å².